The first kappa shape index (κ1) is 14.9. The molecule has 0 bridgehead atoms. The molecule has 94 valence electrons. The third-order valence-electron chi connectivity index (χ3n) is 2.45. The Hall–Kier alpha value is -0.120. The Morgan fingerprint density at radius 1 is 0.933 bits per heavy atom. The molecule has 0 spiro atoms. The Kier molecular flexibility index (Phi) is 10.3. The molecule has 1 heterocycles. The van der Waals surface area contributed by atoms with Crippen molar-refractivity contribution in [2.24, 2.45) is 5.73 Å². The molecule has 0 aromatic carbocycles. The number of piperazine rings is 1. The lowest BCUT2D eigenvalue weighted by Gasteiger charge is -2.34. The van der Waals surface area contributed by atoms with Gasteiger partial charge in [0.25, 0.3) is 0 Å². The molecular formula is C12H31N3. The van der Waals surface area contributed by atoms with Crippen LogP contribution in [0, 0.1) is 0 Å². The van der Waals surface area contributed by atoms with Gasteiger partial charge in [-0.25, -0.2) is 0 Å². The Morgan fingerprint density at radius 3 is 1.67 bits per heavy atom. The number of hydrogen-bond acceptors (Lipinski definition) is 3. The third-order valence-corrected chi connectivity index (χ3v) is 2.45. The summed E-state index contributed by atoms with van der Waals surface area (Å²) in [5.41, 5.74) is 5.50. The van der Waals surface area contributed by atoms with Crippen LogP contribution >= 0.6 is 0 Å². The predicted octanol–water partition coefficient (Wildman–Crippen LogP) is 1.64. The summed E-state index contributed by atoms with van der Waals surface area (Å²) >= 11 is 0. The lowest BCUT2D eigenvalue weighted by Crippen LogP contribution is -2.47. The number of rotatable bonds is 4. The highest BCUT2D eigenvalue weighted by Gasteiger charge is 2.14. The van der Waals surface area contributed by atoms with Crippen molar-refractivity contribution in [2.45, 2.75) is 33.6 Å². The molecule has 0 amide bonds. The quantitative estimate of drug-likeness (QED) is 0.777. The van der Waals surface area contributed by atoms with Crippen molar-refractivity contribution in [2.75, 3.05) is 45.8 Å². The fraction of sp³-hybridized carbons (Fsp3) is 1.00. The van der Waals surface area contributed by atoms with Crippen molar-refractivity contribution in [1.29, 1.82) is 0 Å². The summed E-state index contributed by atoms with van der Waals surface area (Å²) in [6.07, 6.45) is 2.52. The molecule has 0 aromatic rings. The fourth-order valence-electron chi connectivity index (χ4n) is 1.74. The van der Waals surface area contributed by atoms with E-state index in [1.807, 2.05) is 0 Å². The van der Waals surface area contributed by atoms with E-state index in [9.17, 15) is 0 Å². The third kappa shape index (κ3) is 7.77. The van der Waals surface area contributed by atoms with Crippen LogP contribution in [0.3, 0.4) is 0 Å². The van der Waals surface area contributed by atoms with Gasteiger partial charge in [-0.3, -0.25) is 4.90 Å². The van der Waals surface area contributed by atoms with Crippen molar-refractivity contribution < 1.29 is 1.43 Å². The Bertz CT molecular complexity index is 111. The van der Waals surface area contributed by atoms with E-state index < -0.39 is 0 Å². The zero-order chi connectivity index (χ0) is 11.5. The predicted molar refractivity (Wildman–Crippen MR) is 70.3 cm³/mol. The maximum absolute atomic E-state index is 5.50. The second kappa shape index (κ2) is 10.4. The molecule has 0 radical (unpaired) electrons. The molecule has 0 atom stereocenters. The van der Waals surface area contributed by atoms with E-state index in [0.29, 0.717) is 0 Å². The van der Waals surface area contributed by atoms with Crippen molar-refractivity contribution in [3.05, 3.63) is 0 Å². The van der Waals surface area contributed by atoms with Gasteiger partial charge in [-0.2, -0.15) is 0 Å². The first-order chi connectivity index (χ1) is 7.28. The standard InChI is InChI=1S/C9H21N3.C3H8.H2/c1-2-4-11-6-8-12(5-3-10)9-7-11;1-3-2;/h2-10H2,1H3;3H2,1-2H3;1H. The van der Waals surface area contributed by atoms with Gasteiger partial charge >= 0.3 is 0 Å². The molecule has 3 nitrogen and oxygen atoms in total. The van der Waals surface area contributed by atoms with Crippen molar-refractivity contribution in [3.63, 3.8) is 0 Å². The van der Waals surface area contributed by atoms with Gasteiger partial charge in [0.15, 0.2) is 0 Å². The van der Waals surface area contributed by atoms with Crippen LogP contribution in [0.15, 0.2) is 0 Å². The minimum absolute atomic E-state index is 0. The summed E-state index contributed by atoms with van der Waals surface area (Å²) in [6, 6.07) is 0. The smallest absolute Gasteiger partial charge is 0.0110 e. The molecule has 1 saturated heterocycles. The van der Waals surface area contributed by atoms with Crippen molar-refractivity contribution >= 4 is 0 Å². The maximum atomic E-state index is 5.50. The second-order valence-corrected chi connectivity index (χ2v) is 4.18. The molecular weight excluding hydrogens is 186 g/mol. The van der Waals surface area contributed by atoms with E-state index in [0.717, 1.165) is 13.1 Å². The van der Waals surface area contributed by atoms with Gasteiger partial charge < -0.3 is 10.6 Å². The van der Waals surface area contributed by atoms with Crippen LogP contribution < -0.4 is 5.73 Å². The van der Waals surface area contributed by atoms with Crippen LogP contribution in [0.4, 0.5) is 0 Å². The van der Waals surface area contributed by atoms with Crippen LogP contribution in [0.25, 0.3) is 0 Å². The van der Waals surface area contributed by atoms with Gasteiger partial charge in [0, 0.05) is 40.7 Å². The van der Waals surface area contributed by atoms with Gasteiger partial charge in [0.1, 0.15) is 0 Å². The lowest BCUT2D eigenvalue weighted by atomic mass is 10.3. The molecule has 15 heavy (non-hydrogen) atoms. The van der Waals surface area contributed by atoms with Crippen LogP contribution in [-0.2, 0) is 0 Å². The summed E-state index contributed by atoms with van der Waals surface area (Å²) in [5.74, 6) is 0. The maximum Gasteiger partial charge on any atom is 0.0110 e. The van der Waals surface area contributed by atoms with E-state index in [-0.39, 0.29) is 1.43 Å². The summed E-state index contributed by atoms with van der Waals surface area (Å²) in [7, 11) is 0. The number of nitrogens with zero attached hydrogens (tertiary/aromatic N) is 2. The molecule has 1 aliphatic rings. The molecule has 1 fully saturated rings. The van der Waals surface area contributed by atoms with Gasteiger partial charge in [-0.05, 0) is 13.0 Å². The Balaban J connectivity index is 0. The van der Waals surface area contributed by atoms with Crippen molar-refractivity contribution in [1.82, 2.24) is 9.80 Å². The topological polar surface area (TPSA) is 32.5 Å². The second-order valence-electron chi connectivity index (χ2n) is 4.18. The Labute approximate surface area is 97.1 Å². The van der Waals surface area contributed by atoms with Gasteiger partial charge in [0.05, 0.1) is 0 Å². The summed E-state index contributed by atoms with van der Waals surface area (Å²) < 4.78 is 0. The number of nitrogens with two attached hydrogens (primary N) is 1. The molecule has 1 rings (SSSR count). The molecule has 0 saturated carbocycles. The first-order valence-electron chi connectivity index (χ1n) is 6.43. The normalized spacial score (nSPS) is 18.4. The zero-order valence-electron chi connectivity index (χ0n) is 10.8. The van der Waals surface area contributed by atoms with Gasteiger partial charge in [0.2, 0.25) is 0 Å². The largest absolute Gasteiger partial charge is 0.329 e. The highest BCUT2D eigenvalue weighted by Crippen LogP contribution is 2.00. The molecule has 0 unspecified atom stereocenters. The number of hydrogen-bond donors (Lipinski definition) is 1. The average molecular weight is 217 g/mol. The highest BCUT2D eigenvalue weighted by atomic mass is 15.3. The minimum Gasteiger partial charge on any atom is -0.329 e. The summed E-state index contributed by atoms with van der Waals surface area (Å²) in [6.45, 7) is 14.5. The fourth-order valence-corrected chi connectivity index (χ4v) is 1.74. The SMILES string of the molecule is CCC.CCCN1CCN(CCN)CC1.[HH]. The van der Waals surface area contributed by atoms with Gasteiger partial charge in [-0.1, -0.05) is 27.2 Å². The van der Waals surface area contributed by atoms with E-state index >= 15 is 0 Å². The molecule has 3 heteroatoms. The molecule has 1 aliphatic heterocycles. The molecule has 0 aromatic heterocycles. The van der Waals surface area contributed by atoms with E-state index in [1.165, 1.54) is 45.6 Å². The van der Waals surface area contributed by atoms with E-state index in [4.69, 9.17) is 5.73 Å². The minimum atomic E-state index is 0. The zero-order valence-corrected chi connectivity index (χ0v) is 10.8. The van der Waals surface area contributed by atoms with E-state index in [2.05, 4.69) is 30.6 Å². The van der Waals surface area contributed by atoms with Crippen molar-refractivity contribution in [3.8, 4) is 0 Å². The van der Waals surface area contributed by atoms with Gasteiger partial charge in [-0.15, -0.1) is 0 Å². The average Bonchev–Trinajstić information content (AvgIpc) is 2.23. The van der Waals surface area contributed by atoms with E-state index in [1.54, 1.807) is 0 Å². The Morgan fingerprint density at radius 2 is 1.33 bits per heavy atom. The molecule has 0 aliphatic carbocycles. The summed E-state index contributed by atoms with van der Waals surface area (Å²) in [4.78, 5) is 4.99. The van der Waals surface area contributed by atoms with Crippen LogP contribution in [0.1, 0.15) is 35.0 Å². The van der Waals surface area contributed by atoms with Crippen LogP contribution in [0.5, 0.6) is 0 Å². The van der Waals surface area contributed by atoms with Crippen LogP contribution in [-0.4, -0.2) is 55.6 Å². The monoisotopic (exact) mass is 217 g/mol. The lowest BCUT2D eigenvalue weighted by molar-refractivity contribution is 0.135. The van der Waals surface area contributed by atoms with Crippen LogP contribution in [0.2, 0.25) is 0 Å². The first-order valence-corrected chi connectivity index (χ1v) is 6.43. The highest BCUT2D eigenvalue weighted by molar-refractivity contribution is 4.71. The molecule has 2 N–H and O–H groups in total. The summed E-state index contributed by atoms with van der Waals surface area (Å²) in [5, 5.41) is 0.